The van der Waals surface area contributed by atoms with Crippen LogP contribution in [0.1, 0.15) is 19.8 Å². The number of benzene rings is 1. The first-order valence-electron chi connectivity index (χ1n) is 6.12. The largest absolute Gasteiger partial charge is 0.381 e. The van der Waals surface area contributed by atoms with Crippen molar-refractivity contribution in [3.63, 3.8) is 0 Å². The molecule has 0 saturated carbocycles. The van der Waals surface area contributed by atoms with Crippen LogP contribution in [0.15, 0.2) is 47.6 Å². The van der Waals surface area contributed by atoms with Crippen LogP contribution >= 0.6 is 15.9 Å². The van der Waals surface area contributed by atoms with Crippen molar-refractivity contribution in [2.24, 2.45) is 0 Å². The number of allylic oxidation sites excluding steroid dienone is 1. The van der Waals surface area contributed by atoms with Gasteiger partial charge < -0.3 is 5.32 Å². The minimum absolute atomic E-state index is 0.416. The Morgan fingerprint density at radius 1 is 1.50 bits per heavy atom. The monoisotopic (exact) mass is 304 g/mol. The predicted octanol–water partition coefficient (Wildman–Crippen LogP) is 4.76. The van der Waals surface area contributed by atoms with Crippen molar-refractivity contribution < 1.29 is 0 Å². The topological polar surface area (TPSA) is 24.9 Å². The summed E-state index contributed by atoms with van der Waals surface area (Å²) >= 11 is 3.45. The highest BCUT2D eigenvalue weighted by Crippen LogP contribution is 2.24. The second-order valence-electron chi connectivity index (χ2n) is 4.44. The van der Waals surface area contributed by atoms with E-state index in [0.29, 0.717) is 6.04 Å². The van der Waals surface area contributed by atoms with Crippen molar-refractivity contribution in [1.29, 1.82) is 0 Å². The maximum atomic E-state index is 4.48. The van der Waals surface area contributed by atoms with Crippen LogP contribution in [-0.4, -0.2) is 11.0 Å². The molecule has 1 atom stereocenters. The summed E-state index contributed by atoms with van der Waals surface area (Å²) in [6, 6.07) is 8.71. The molecule has 3 heteroatoms. The molecule has 18 heavy (non-hydrogen) atoms. The quantitative estimate of drug-likeness (QED) is 0.805. The Bertz CT molecular complexity index is 551. The zero-order chi connectivity index (χ0) is 13.0. The second kappa shape index (κ2) is 6.01. The van der Waals surface area contributed by atoms with Crippen molar-refractivity contribution in [2.75, 3.05) is 5.32 Å². The van der Waals surface area contributed by atoms with E-state index in [9.17, 15) is 0 Å². The highest BCUT2D eigenvalue weighted by molar-refractivity contribution is 9.10. The minimum atomic E-state index is 0.416. The summed E-state index contributed by atoms with van der Waals surface area (Å²) in [6.07, 6.45) is 5.90. The first kappa shape index (κ1) is 13.1. The molecule has 0 aliphatic carbocycles. The lowest BCUT2D eigenvalue weighted by molar-refractivity contribution is 0.719. The Hall–Kier alpha value is -1.35. The first-order valence-corrected chi connectivity index (χ1v) is 6.91. The molecule has 2 aromatic rings. The van der Waals surface area contributed by atoms with Crippen LogP contribution in [-0.2, 0) is 0 Å². The maximum absolute atomic E-state index is 4.48. The van der Waals surface area contributed by atoms with Gasteiger partial charge in [0.05, 0.1) is 11.2 Å². The molecule has 0 bridgehead atoms. The van der Waals surface area contributed by atoms with E-state index in [1.807, 2.05) is 12.3 Å². The summed E-state index contributed by atoms with van der Waals surface area (Å²) in [6.45, 7) is 5.94. The molecule has 0 fully saturated rings. The fourth-order valence-corrected chi connectivity index (χ4v) is 2.30. The van der Waals surface area contributed by atoms with E-state index in [0.717, 1.165) is 33.9 Å². The van der Waals surface area contributed by atoms with E-state index < -0.39 is 0 Å². The fraction of sp³-hybridized carbons (Fsp3) is 0.267. The Morgan fingerprint density at radius 2 is 2.33 bits per heavy atom. The van der Waals surface area contributed by atoms with Gasteiger partial charge in [0.1, 0.15) is 0 Å². The summed E-state index contributed by atoms with van der Waals surface area (Å²) in [5, 5.41) is 4.66. The van der Waals surface area contributed by atoms with Gasteiger partial charge in [-0.05, 0) is 47.8 Å². The Morgan fingerprint density at radius 3 is 3.11 bits per heavy atom. The van der Waals surface area contributed by atoms with Gasteiger partial charge in [0.15, 0.2) is 0 Å². The molecule has 0 radical (unpaired) electrons. The van der Waals surface area contributed by atoms with Crippen molar-refractivity contribution in [3.8, 4) is 0 Å². The van der Waals surface area contributed by atoms with Gasteiger partial charge in [0, 0.05) is 22.1 Å². The van der Waals surface area contributed by atoms with Gasteiger partial charge >= 0.3 is 0 Å². The van der Waals surface area contributed by atoms with Crippen LogP contribution in [0, 0.1) is 0 Å². The number of nitrogens with zero attached hydrogens (tertiary/aromatic N) is 1. The second-order valence-corrected chi connectivity index (χ2v) is 5.36. The molecule has 0 aliphatic heterocycles. The smallest absolute Gasteiger partial charge is 0.0934 e. The summed E-state index contributed by atoms with van der Waals surface area (Å²) in [4.78, 5) is 4.48. The van der Waals surface area contributed by atoms with E-state index in [2.05, 4.69) is 64.0 Å². The molecule has 2 nitrogen and oxygen atoms in total. The van der Waals surface area contributed by atoms with Gasteiger partial charge in [-0.25, -0.2) is 0 Å². The standard InChI is InChI=1S/C15H17BrN2/c1-3-4-6-11(2)18-14-8-5-7-12-9-13(16)10-17-15(12)14/h3,5,7-11,18H,1,4,6H2,2H3. The number of hydrogen-bond acceptors (Lipinski definition) is 2. The average Bonchev–Trinajstić information content (AvgIpc) is 2.36. The number of aromatic nitrogens is 1. The number of nitrogens with one attached hydrogen (secondary N) is 1. The van der Waals surface area contributed by atoms with Gasteiger partial charge in [-0.15, -0.1) is 6.58 Å². The molecular formula is C15H17BrN2. The molecular weight excluding hydrogens is 288 g/mol. The third-order valence-electron chi connectivity index (χ3n) is 2.88. The average molecular weight is 305 g/mol. The zero-order valence-corrected chi connectivity index (χ0v) is 12.1. The molecule has 1 aromatic heterocycles. The molecule has 0 saturated heterocycles. The van der Waals surface area contributed by atoms with Crippen LogP contribution in [0.5, 0.6) is 0 Å². The molecule has 1 aromatic carbocycles. The third-order valence-corrected chi connectivity index (χ3v) is 3.32. The zero-order valence-electron chi connectivity index (χ0n) is 10.5. The van der Waals surface area contributed by atoms with Gasteiger partial charge in [-0.1, -0.05) is 18.2 Å². The molecule has 0 amide bonds. The normalized spacial score (nSPS) is 12.3. The number of para-hydroxylation sites is 1. The lowest BCUT2D eigenvalue weighted by Crippen LogP contribution is -2.14. The number of halogens is 1. The fourth-order valence-electron chi connectivity index (χ4n) is 1.96. The number of hydrogen-bond donors (Lipinski definition) is 1. The number of pyridine rings is 1. The highest BCUT2D eigenvalue weighted by atomic mass is 79.9. The van der Waals surface area contributed by atoms with E-state index in [4.69, 9.17) is 0 Å². The van der Waals surface area contributed by atoms with E-state index in [1.54, 1.807) is 0 Å². The van der Waals surface area contributed by atoms with Crippen molar-refractivity contribution >= 4 is 32.5 Å². The number of rotatable bonds is 5. The summed E-state index contributed by atoms with van der Waals surface area (Å²) in [5.41, 5.74) is 2.11. The molecule has 1 heterocycles. The molecule has 0 aliphatic rings. The van der Waals surface area contributed by atoms with E-state index in [1.165, 1.54) is 0 Å². The van der Waals surface area contributed by atoms with Crippen molar-refractivity contribution in [1.82, 2.24) is 4.98 Å². The van der Waals surface area contributed by atoms with Crippen LogP contribution < -0.4 is 5.32 Å². The first-order chi connectivity index (χ1) is 8.70. The van der Waals surface area contributed by atoms with Crippen LogP contribution in [0.3, 0.4) is 0 Å². The molecule has 2 rings (SSSR count). The summed E-state index contributed by atoms with van der Waals surface area (Å²) in [7, 11) is 0. The van der Waals surface area contributed by atoms with Crippen molar-refractivity contribution in [3.05, 3.63) is 47.6 Å². The number of fused-ring (bicyclic) bond motifs is 1. The summed E-state index contributed by atoms with van der Waals surface area (Å²) < 4.78 is 1.01. The third kappa shape index (κ3) is 3.10. The Balaban J connectivity index is 2.25. The molecule has 1 unspecified atom stereocenters. The van der Waals surface area contributed by atoms with Gasteiger partial charge in [0.2, 0.25) is 0 Å². The molecule has 94 valence electrons. The highest BCUT2D eigenvalue weighted by Gasteiger charge is 2.06. The minimum Gasteiger partial charge on any atom is -0.381 e. The lowest BCUT2D eigenvalue weighted by atomic mass is 10.1. The predicted molar refractivity (Wildman–Crippen MR) is 82.0 cm³/mol. The Kier molecular flexibility index (Phi) is 4.37. The molecule has 0 spiro atoms. The van der Waals surface area contributed by atoms with Crippen molar-refractivity contribution in [2.45, 2.75) is 25.8 Å². The van der Waals surface area contributed by atoms with Crippen LogP contribution in [0.25, 0.3) is 10.9 Å². The van der Waals surface area contributed by atoms with Crippen LogP contribution in [0.4, 0.5) is 5.69 Å². The van der Waals surface area contributed by atoms with Gasteiger partial charge in [0.25, 0.3) is 0 Å². The van der Waals surface area contributed by atoms with E-state index in [-0.39, 0.29) is 0 Å². The summed E-state index contributed by atoms with van der Waals surface area (Å²) in [5.74, 6) is 0. The van der Waals surface area contributed by atoms with Gasteiger partial charge in [-0.3, -0.25) is 4.98 Å². The SMILES string of the molecule is C=CCCC(C)Nc1cccc2cc(Br)cnc12. The lowest BCUT2D eigenvalue weighted by Gasteiger charge is -2.15. The molecule has 1 N–H and O–H groups in total. The number of anilines is 1. The van der Waals surface area contributed by atoms with Crippen LogP contribution in [0.2, 0.25) is 0 Å². The maximum Gasteiger partial charge on any atom is 0.0934 e. The Labute approximate surface area is 116 Å². The van der Waals surface area contributed by atoms with E-state index >= 15 is 0 Å². The van der Waals surface area contributed by atoms with Gasteiger partial charge in [-0.2, -0.15) is 0 Å².